The number of hydrogen-bond donors (Lipinski definition) is 1. The molecule has 29 heavy (non-hydrogen) atoms. The Bertz CT molecular complexity index is 1140. The Labute approximate surface area is 168 Å². The summed E-state index contributed by atoms with van der Waals surface area (Å²) in [6.07, 6.45) is 0. The first-order valence-corrected chi connectivity index (χ1v) is 9.44. The van der Waals surface area contributed by atoms with Gasteiger partial charge >= 0.3 is 5.69 Å². The first-order chi connectivity index (χ1) is 13.8. The van der Waals surface area contributed by atoms with Gasteiger partial charge in [0.25, 0.3) is 11.5 Å². The highest BCUT2D eigenvalue weighted by atomic mass is 16.2. The number of aromatic nitrogens is 3. The van der Waals surface area contributed by atoms with Crippen LogP contribution < -0.4 is 16.6 Å². The SMILES string of the molecule is Cc1cc(C)cc(-n2nc(C(=O)NC(C)C)c(=O)n(Cc3ccccc3)c2=O)c1. The van der Waals surface area contributed by atoms with Crippen LogP contribution in [-0.2, 0) is 6.54 Å². The lowest BCUT2D eigenvalue weighted by Gasteiger charge is -2.14. The van der Waals surface area contributed by atoms with Gasteiger partial charge in [0.15, 0.2) is 0 Å². The molecule has 1 heterocycles. The lowest BCUT2D eigenvalue weighted by atomic mass is 10.1. The zero-order valence-corrected chi connectivity index (χ0v) is 17.0. The number of carbonyl (C=O) groups excluding carboxylic acids is 1. The number of nitrogens with zero attached hydrogens (tertiary/aromatic N) is 3. The largest absolute Gasteiger partial charge is 0.352 e. The molecule has 0 atom stereocenters. The molecule has 7 nitrogen and oxygen atoms in total. The smallest absolute Gasteiger partial charge is 0.348 e. The molecule has 1 aromatic heterocycles. The fourth-order valence-electron chi connectivity index (χ4n) is 3.13. The standard InChI is InChI=1S/C22H24N4O3/c1-14(2)23-20(27)19-21(28)25(13-17-8-6-5-7-9-17)22(29)26(24-19)18-11-15(3)10-16(4)12-18/h5-12,14H,13H2,1-4H3,(H,23,27). The lowest BCUT2D eigenvalue weighted by Crippen LogP contribution is -2.46. The van der Waals surface area contributed by atoms with E-state index in [-0.39, 0.29) is 18.3 Å². The minimum atomic E-state index is -0.711. The second kappa shape index (κ2) is 8.26. The first-order valence-electron chi connectivity index (χ1n) is 9.44. The van der Waals surface area contributed by atoms with Gasteiger partial charge in [-0.05, 0) is 56.5 Å². The number of aryl methyl sites for hydroxylation is 2. The van der Waals surface area contributed by atoms with Gasteiger partial charge in [0, 0.05) is 6.04 Å². The van der Waals surface area contributed by atoms with E-state index in [1.54, 1.807) is 26.0 Å². The number of hydrogen-bond acceptors (Lipinski definition) is 4. The van der Waals surface area contributed by atoms with Crippen LogP contribution in [0.5, 0.6) is 0 Å². The Morgan fingerprint density at radius 2 is 1.66 bits per heavy atom. The summed E-state index contributed by atoms with van der Waals surface area (Å²) < 4.78 is 2.18. The maximum absolute atomic E-state index is 13.1. The summed E-state index contributed by atoms with van der Waals surface area (Å²) in [5.41, 5.74) is 1.56. The van der Waals surface area contributed by atoms with E-state index in [4.69, 9.17) is 0 Å². The molecule has 0 bridgehead atoms. The van der Waals surface area contributed by atoms with Gasteiger partial charge in [-0.15, -0.1) is 0 Å². The predicted molar refractivity (Wildman–Crippen MR) is 112 cm³/mol. The monoisotopic (exact) mass is 392 g/mol. The Morgan fingerprint density at radius 3 is 2.24 bits per heavy atom. The van der Waals surface area contributed by atoms with Gasteiger partial charge < -0.3 is 5.32 Å². The maximum atomic E-state index is 13.1. The molecule has 150 valence electrons. The highest BCUT2D eigenvalue weighted by Crippen LogP contribution is 2.11. The highest BCUT2D eigenvalue weighted by Gasteiger charge is 2.21. The molecule has 0 saturated heterocycles. The fourth-order valence-corrected chi connectivity index (χ4v) is 3.13. The van der Waals surface area contributed by atoms with Crippen LogP contribution in [0.4, 0.5) is 0 Å². The van der Waals surface area contributed by atoms with Crippen LogP contribution in [-0.4, -0.2) is 26.3 Å². The van der Waals surface area contributed by atoms with Crippen molar-refractivity contribution >= 4 is 5.91 Å². The molecule has 0 aliphatic heterocycles. The van der Waals surface area contributed by atoms with E-state index < -0.39 is 17.2 Å². The van der Waals surface area contributed by atoms with E-state index in [9.17, 15) is 14.4 Å². The van der Waals surface area contributed by atoms with E-state index in [1.165, 1.54) is 0 Å². The Kier molecular flexibility index (Phi) is 5.77. The molecule has 0 radical (unpaired) electrons. The summed E-state index contributed by atoms with van der Waals surface area (Å²) in [6.45, 7) is 7.45. The fraction of sp³-hybridized carbons (Fsp3) is 0.273. The van der Waals surface area contributed by atoms with Crippen molar-refractivity contribution in [1.82, 2.24) is 19.7 Å². The van der Waals surface area contributed by atoms with Crippen molar-refractivity contribution in [1.29, 1.82) is 0 Å². The third-order valence-corrected chi connectivity index (χ3v) is 4.33. The molecule has 0 spiro atoms. The number of benzene rings is 2. The van der Waals surface area contributed by atoms with Crippen molar-refractivity contribution in [2.45, 2.75) is 40.3 Å². The Morgan fingerprint density at radius 1 is 1.03 bits per heavy atom. The van der Waals surface area contributed by atoms with E-state index >= 15 is 0 Å². The number of carbonyl (C=O) groups is 1. The van der Waals surface area contributed by atoms with Crippen LogP contribution in [0.25, 0.3) is 5.69 Å². The summed E-state index contributed by atoms with van der Waals surface area (Å²) in [6, 6.07) is 14.5. The van der Waals surface area contributed by atoms with Crippen molar-refractivity contribution in [3.63, 3.8) is 0 Å². The number of amides is 1. The first kappa shape index (κ1) is 20.3. The number of rotatable bonds is 5. The third kappa shape index (κ3) is 4.51. The van der Waals surface area contributed by atoms with Crippen LogP contribution in [0.1, 0.15) is 41.0 Å². The summed E-state index contributed by atoms with van der Waals surface area (Å²) in [5.74, 6) is -0.607. The minimum absolute atomic E-state index is 0.0494. The van der Waals surface area contributed by atoms with Gasteiger partial charge in [-0.2, -0.15) is 9.78 Å². The molecule has 0 saturated carbocycles. The van der Waals surface area contributed by atoms with Crippen molar-refractivity contribution in [3.05, 3.63) is 91.8 Å². The van der Waals surface area contributed by atoms with E-state index in [2.05, 4.69) is 10.4 Å². The van der Waals surface area contributed by atoms with Crippen LogP contribution in [0.3, 0.4) is 0 Å². The predicted octanol–water partition coefficient (Wildman–Crippen LogP) is 2.20. The second-order valence-electron chi connectivity index (χ2n) is 7.39. The van der Waals surface area contributed by atoms with Gasteiger partial charge in [0.2, 0.25) is 5.69 Å². The molecular weight excluding hydrogens is 368 g/mol. The highest BCUT2D eigenvalue weighted by molar-refractivity contribution is 5.91. The van der Waals surface area contributed by atoms with Crippen LogP contribution in [0.15, 0.2) is 58.1 Å². The van der Waals surface area contributed by atoms with Gasteiger partial charge in [-0.3, -0.25) is 14.2 Å². The molecule has 1 amide bonds. The average Bonchev–Trinajstić information content (AvgIpc) is 2.64. The molecular formula is C22H24N4O3. The van der Waals surface area contributed by atoms with Gasteiger partial charge in [0.1, 0.15) is 0 Å². The summed E-state index contributed by atoms with van der Waals surface area (Å²) in [4.78, 5) is 38.7. The zero-order valence-electron chi connectivity index (χ0n) is 17.0. The molecule has 0 aliphatic rings. The van der Waals surface area contributed by atoms with E-state index in [1.807, 2.05) is 50.2 Å². The Hall–Kier alpha value is -3.48. The van der Waals surface area contributed by atoms with Crippen molar-refractivity contribution in [2.24, 2.45) is 0 Å². The van der Waals surface area contributed by atoms with Gasteiger partial charge in [-0.1, -0.05) is 36.4 Å². The van der Waals surface area contributed by atoms with Crippen molar-refractivity contribution in [2.75, 3.05) is 0 Å². The summed E-state index contributed by atoms with van der Waals surface area (Å²) >= 11 is 0. The molecule has 2 aromatic carbocycles. The maximum Gasteiger partial charge on any atom is 0.352 e. The molecule has 0 aliphatic carbocycles. The van der Waals surface area contributed by atoms with Crippen molar-refractivity contribution in [3.8, 4) is 5.69 Å². The van der Waals surface area contributed by atoms with Gasteiger partial charge in [-0.25, -0.2) is 4.79 Å². The number of nitrogens with one attached hydrogen (secondary N) is 1. The lowest BCUT2D eigenvalue weighted by molar-refractivity contribution is 0.0933. The zero-order chi connectivity index (χ0) is 21.1. The normalized spacial score (nSPS) is 10.9. The quantitative estimate of drug-likeness (QED) is 0.721. The van der Waals surface area contributed by atoms with Crippen LogP contribution in [0, 0.1) is 13.8 Å². The second-order valence-corrected chi connectivity index (χ2v) is 7.39. The average molecular weight is 392 g/mol. The molecule has 3 rings (SSSR count). The Balaban J connectivity index is 2.25. The topological polar surface area (TPSA) is 86.0 Å². The van der Waals surface area contributed by atoms with Gasteiger partial charge in [0.05, 0.1) is 12.2 Å². The molecule has 7 heteroatoms. The molecule has 0 fully saturated rings. The van der Waals surface area contributed by atoms with E-state index in [0.717, 1.165) is 25.9 Å². The molecule has 0 unspecified atom stereocenters. The summed E-state index contributed by atoms with van der Waals surface area (Å²) in [5, 5.41) is 6.82. The van der Waals surface area contributed by atoms with Crippen LogP contribution in [0.2, 0.25) is 0 Å². The van der Waals surface area contributed by atoms with E-state index in [0.29, 0.717) is 5.69 Å². The molecule has 3 aromatic rings. The summed E-state index contributed by atoms with van der Waals surface area (Å²) in [7, 11) is 0. The minimum Gasteiger partial charge on any atom is -0.348 e. The van der Waals surface area contributed by atoms with Crippen LogP contribution >= 0.6 is 0 Å². The molecule has 1 N–H and O–H groups in total. The third-order valence-electron chi connectivity index (χ3n) is 4.33. The van der Waals surface area contributed by atoms with Crippen molar-refractivity contribution < 1.29 is 4.79 Å².